The normalized spacial score (nSPS) is 4.00. The van der Waals surface area contributed by atoms with Crippen molar-refractivity contribution in [3.8, 4) is 0 Å². The third kappa shape index (κ3) is 21700. The van der Waals surface area contributed by atoms with Crippen LogP contribution in [-0.4, -0.2) is 14.2 Å². The molecule has 0 aliphatic heterocycles. The van der Waals surface area contributed by atoms with Crippen molar-refractivity contribution in [1.29, 1.82) is 0 Å². The molecule has 0 bridgehead atoms. The maximum atomic E-state index is 4.25. The van der Waals surface area contributed by atoms with Gasteiger partial charge in [-0.3, -0.25) is 0 Å². The molecule has 0 aromatic carbocycles. The second kappa shape index (κ2) is 84.4. The third-order valence-electron chi connectivity index (χ3n) is 0. The lowest BCUT2D eigenvalue weighted by Gasteiger charge is -1.61. The molecule has 0 saturated carbocycles. The maximum Gasteiger partial charge on any atom is 0.0351 e. The zero-order valence-corrected chi connectivity index (χ0v) is 4.41. The Morgan fingerprint density at radius 1 is 1.00 bits per heavy atom. The van der Waals surface area contributed by atoms with Gasteiger partial charge in [0.25, 0.3) is 0 Å². The van der Waals surface area contributed by atoms with Gasteiger partial charge < -0.3 is 4.74 Å². The Bertz CT molecular complexity index is 3.90. The van der Waals surface area contributed by atoms with Crippen LogP contribution in [0.1, 0.15) is 21.3 Å². The SMILES string of the molecule is C.CC.COC. The average Bonchev–Trinajstić information content (AvgIpc) is 1.46. The molecule has 0 aromatic rings. The Kier molecular flexibility index (Phi) is 235. The first-order valence-corrected chi connectivity index (χ1v) is 1.82. The highest BCUT2D eigenvalue weighted by atomic mass is 16.4. The fraction of sp³-hybridized carbons (Fsp3) is 1.00. The van der Waals surface area contributed by atoms with Gasteiger partial charge in [0.2, 0.25) is 0 Å². The zero-order chi connectivity index (χ0) is 4.71. The third-order valence-corrected chi connectivity index (χ3v) is 0. The summed E-state index contributed by atoms with van der Waals surface area (Å²) in [6.07, 6.45) is 0. The van der Waals surface area contributed by atoms with E-state index in [1.54, 1.807) is 14.2 Å². The predicted molar refractivity (Wildman–Crippen MR) is 31.0 cm³/mol. The zero-order valence-electron chi connectivity index (χ0n) is 4.41. The lowest BCUT2D eigenvalue weighted by molar-refractivity contribution is 0.277. The number of ether oxygens (including phenoxy) is 1. The van der Waals surface area contributed by atoms with E-state index in [4.69, 9.17) is 0 Å². The summed E-state index contributed by atoms with van der Waals surface area (Å²) in [6.45, 7) is 4.00. The van der Waals surface area contributed by atoms with Crippen LogP contribution in [-0.2, 0) is 4.74 Å². The van der Waals surface area contributed by atoms with Crippen molar-refractivity contribution < 1.29 is 4.74 Å². The molecule has 0 atom stereocenters. The molecule has 0 N–H and O–H groups in total. The molecule has 0 rings (SSSR count). The fourth-order valence-corrected chi connectivity index (χ4v) is 0. The molecule has 0 aromatic heterocycles. The van der Waals surface area contributed by atoms with Crippen LogP contribution < -0.4 is 0 Å². The molecule has 0 spiro atoms. The molecule has 0 heterocycles. The summed E-state index contributed by atoms with van der Waals surface area (Å²) in [5, 5.41) is 0. The first-order chi connectivity index (χ1) is 2.41. The van der Waals surface area contributed by atoms with E-state index in [0.29, 0.717) is 0 Å². The van der Waals surface area contributed by atoms with E-state index >= 15 is 0 Å². The van der Waals surface area contributed by atoms with Crippen LogP contribution in [0.5, 0.6) is 0 Å². The van der Waals surface area contributed by atoms with Crippen LogP contribution in [0.4, 0.5) is 0 Å². The fourth-order valence-electron chi connectivity index (χ4n) is 0. The smallest absolute Gasteiger partial charge is 0.0351 e. The van der Waals surface area contributed by atoms with Gasteiger partial charge in [-0.25, -0.2) is 0 Å². The van der Waals surface area contributed by atoms with Gasteiger partial charge >= 0.3 is 0 Å². The van der Waals surface area contributed by atoms with Crippen LogP contribution in [0.3, 0.4) is 0 Å². The summed E-state index contributed by atoms with van der Waals surface area (Å²) in [4.78, 5) is 0. The molecule has 0 aliphatic carbocycles. The number of hydrogen-bond acceptors (Lipinski definition) is 1. The molecule has 1 heteroatoms. The average molecular weight is 92.2 g/mol. The molecule has 1 nitrogen and oxygen atoms in total. The minimum absolute atomic E-state index is 0. The molecule has 6 heavy (non-hydrogen) atoms. The highest BCUT2D eigenvalue weighted by molar-refractivity contribution is 3.56. The van der Waals surface area contributed by atoms with Crippen molar-refractivity contribution in [3.05, 3.63) is 0 Å². The summed E-state index contributed by atoms with van der Waals surface area (Å²) in [7, 11) is 3.25. The molecule has 0 unspecified atom stereocenters. The van der Waals surface area contributed by atoms with E-state index in [-0.39, 0.29) is 7.43 Å². The molecule has 0 aliphatic rings. The van der Waals surface area contributed by atoms with Crippen molar-refractivity contribution in [2.45, 2.75) is 21.3 Å². The summed E-state index contributed by atoms with van der Waals surface area (Å²) < 4.78 is 4.25. The van der Waals surface area contributed by atoms with Crippen molar-refractivity contribution >= 4 is 0 Å². The lowest BCUT2D eigenvalue weighted by Crippen LogP contribution is -1.55. The van der Waals surface area contributed by atoms with E-state index in [9.17, 15) is 0 Å². The Balaban J connectivity index is -0.0000000275. The maximum absolute atomic E-state index is 4.25. The highest BCUT2D eigenvalue weighted by Crippen LogP contribution is 1.28. The van der Waals surface area contributed by atoms with Crippen molar-refractivity contribution in [2.75, 3.05) is 14.2 Å². The second-order valence-electron chi connectivity index (χ2n) is 0.408. The van der Waals surface area contributed by atoms with Gasteiger partial charge in [0.1, 0.15) is 0 Å². The van der Waals surface area contributed by atoms with Crippen LogP contribution in [0, 0.1) is 0 Å². The number of hydrogen-bond donors (Lipinski definition) is 0. The van der Waals surface area contributed by atoms with E-state index in [2.05, 4.69) is 4.74 Å². The van der Waals surface area contributed by atoms with Crippen LogP contribution in [0.25, 0.3) is 0 Å². The van der Waals surface area contributed by atoms with Crippen molar-refractivity contribution in [2.24, 2.45) is 0 Å². The molecule has 0 amide bonds. The van der Waals surface area contributed by atoms with Crippen LogP contribution in [0.2, 0.25) is 0 Å². The summed E-state index contributed by atoms with van der Waals surface area (Å²) in [6, 6.07) is 0. The second-order valence-corrected chi connectivity index (χ2v) is 0.408. The molecule has 0 fully saturated rings. The summed E-state index contributed by atoms with van der Waals surface area (Å²) >= 11 is 0. The largest absolute Gasteiger partial charge is 0.388 e. The number of rotatable bonds is 0. The Morgan fingerprint density at radius 2 is 1.00 bits per heavy atom. The quantitative estimate of drug-likeness (QED) is 0.443. The van der Waals surface area contributed by atoms with Gasteiger partial charge in [-0.2, -0.15) is 0 Å². The Hall–Kier alpha value is -0.0400. The first-order valence-electron chi connectivity index (χ1n) is 1.82. The highest BCUT2D eigenvalue weighted by Gasteiger charge is 1.25. The van der Waals surface area contributed by atoms with Crippen LogP contribution in [0.15, 0.2) is 0 Å². The van der Waals surface area contributed by atoms with E-state index < -0.39 is 0 Å². The van der Waals surface area contributed by atoms with E-state index in [1.807, 2.05) is 13.8 Å². The predicted octanol–water partition coefficient (Wildman–Crippen LogP) is 1.92. The number of methoxy groups -OCH3 is 1. The monoisotopic (exact) mass is 92.1 g/mol. The molecule has 0 radical (unpaired) electrons. The topological polar surface area (TPSA) is 9.23 Å². The lowest BCUT2D eigenvalue weighted by atomic mass is 11.0. The van der Waals surface area contributed by atoms with E-state index in [0.717, 1.165) is 0 Å². The molecular weight excluding hydrogens is 76.1 g/mol. The molecule has 0 saturated heterocycles. The summed E-state index contributed by atoms with van der Waals surface area (Å²) in [5.74, 6) is 0. The van der Waals surface area contributed by atoms with Gasteiger partial charge in [0, 0.05) is 14.2 Å². The van der Waals surface area contributed by atoms with Gasteiger partial charge in [-0.15, -0.1) is 0 Å². The molecule has 42 valence electrons. The van der Waals surface area contributed by atoms with Gasteiger partial charge in [0.05, 0.1) is 0 Å². The minimum atomic E-state index is 0. The van der Waals surface area contributed by atoms with Crippen LogP contribution >= 0.6 is 0 Å². The van der Waals surface area contributed by atoms with Gasteiger partial charge in [-0.05, 0) is 0 Å². The first kappa shape index (κ1) is 16.7. The minimum Gasteiger partial charge on any atom is -0.388 e. The Morgan fingerprint density at radius 3 is 1.00 bits per heavy atom. The van der Waals surface area contributed by atoms with Gasteiger partial charge in [0.15, 0.2) is 0 Å². The van der Waals surface area contributed by atoms with Crippen molar-refractivity contribution in [1.82, 2.24) is 0 Å². The van der Waals surface area contributed by atoms with E-state index in [1.165, 1.54) is 0 Å². The van der Waals surface area contributed by atoms with Crippen molar-refractivity contribution in [3.63, 3.8) is 0 Å². The standard InChI is InChI=1S/C2H6O.C2H6.CH4/c1-3-2;1-2;/h1-2H3;1-2H3;1H4. The van der Waals surface area contributed by atoms with Gasteiger partial charge in [-0.1, -0.05) is 21.3 Å². The summed E-state index contributed by atoms with van der Waals surface area (Å²) in [5.41, 5.74) is 0. The molecular formula is C5H16O. The Labute approximate surface area is 41.3 Å².